The van der Waals surface area contributed by atoms with E-state index in [1.54, 1.807) is 11.8 Å². The van der Waals surface area contributed by atoms with Crippen molar-refractivity contribution in [2.24, 2.45) is 5.73 Å². The molecule has 3 nitrogen and oxygen atoms in total. The Morgan fingerprint density at radius 1 is 1.21 bits per heavy atom. The highest BCUT2D eigenvalue weighted by atomic mass is 32.2. The average molecular weight is 273 g/mol. The summed E-state index contributed by atoms with van der Waals surface area (Å²) in [5.74, 6) is 0. The standard InChI is InChI=1S/C15H19N3S/c1-3-13(16)8-12-9-17-15(18-10-12)19-14-7-5-4-6-11(14)2/h4-7,9-10,13H,3,8,16H2,1-2H3. The molecule has 1 aromatic heterocycles. The highest BCUT2D eigenvalue weighted by Gasteiger charge is 2.05. The first kappa shape index (κ1) is 14.0. The Balaban J connectivity index is 2.05. The molecule has 1 heterocycles. The first-order valence-electron chi connectivity index (χ1n) is 6.49. The molecule has 2 aromatic rings. The van der Waals surface area contributed by atoms with Gasteiger partial charge in [0.05, 0.1) is 0 Å². The number of rotatable bonds is 5. The van der Waals surface area contributed by atoms with Crippen molar-refractivity contribution in [2.75, 3.05) is 0 Å². The minimum atomic E-state index is 0.193. The number of benzene rings is 1. The van der Waals surface area contributed by atoms with Crippen LogP contribution in [0.1, 0.15) is 24.5 Å². The quantitative estimate of drug-likeness (QED) is 0.850. The fraction of sp³-hybridized carbons (Fsp3) is 0.333. The third-order valence-electron chi connectivity index (χ3n) is 3.00. The second kappa shape index (κ2) is 6.68. The van der Waals surface area contributed by atoms with E-state index in [9.17, 15) is 0 Å². The van der Waals surface area contributed by atoms with Crippen LogP contribution in [0.3, 0.4) is 0 Å². The third-order valence-corrected chi connectivity index (χ3v) is 4.07. The van der Waals surface area contributed by atoms with Crippen LogP contribution in [0.25, 0.3) is 0 Å². The van der Waals surface area contributed by atoms with Crippen molar-refractivity contribution in [3.63, 3.8) is 0 Å². The van der Waals surface area contributed by atoms with Gasteiger partial charge < -0.3 is 5.73 Å². The maximum Gasteiger partial charge on any atom is 0.192 e. The van der Waals surface area contributed by atoms with E-state index in [1.807, 2.05) is 24.5 Å². The van der Waals surface area contributed by atoms with Gasteiger partial charge in [-0.25, -0.2) is 9.97 Å². The van der Waals surface area contributed by atoms with Gasteiger partial charge in [0.1, 0.15) is 0 Å². The van der Waals surface area contributed by atoms with Gasteiger partial charge in [0.25, 0.3) is 0 Å². The molecule has 19 heavy (non-hydrogen) atoms. The van der Waals surface area contributed by atoms with E-state index >= 15 is 0 Å². The van der Waals surface area contributed by atoms with Gasteiger partial charge in [-0.1, -0.05) is 25.1 Å². The fourth-order valence-corrected chi connectivity index (χ4v) is 2.50. The van der Waals surface area contributed by atoms with E-state index in [-0.39, 0.29) is 6.04 Å². The molecule has 100 valence electrons. The second-order valence-corrected chi connectivity index (χ2v) is 5.62. The van der Waals surface area contributed by atoms with E-state index in [1.165, 1.54) is 10.5 Å². The molecule has 0 aliphatic rings. The van der Waals surface area contributed by atoms with Crippen molar-refractivity contribution >= 4 is 11.8 Å². The fourth-order valence-electron chi connectivity index (χ4n) is 1.72. The van der Waals surface area contributed by atoms with Gasteiger partial charge in [-0.05, 0) is 48.7 Å². The van der Waals surface area contributed by atoms with Gasteiger partial charge in [-0.2, -0.15) is 0 Å². The van der Waals surface area contributed by atoms with Gasteiger partial charge >= 0.3 is 0 Å². The van der Waals surface area contributed by atoms with Crippen LogP contribution in [0.4, 0.5) is 0 Å². The lowest BCUT2D eigenvalue weighted by molar-refractivity contribution is 0.641. The molecule has 2 rings (SSSR count). The minimum Gasteiger partial charge on any atom is -0.327 e. The van der Waals surface area contributed by atoms with Gasteiger partial charge in [-0.3, -0.25) is 0 Å². The molecule has 0 aliphatic heterocycles. The third kappa shape index (κ3) is 4.04. The molecule has 0 amide bonds. The molecular weight excluding hydrogens is 254 g/mol. The number of hydrogen-bond donors (Lipinski definition) is 1. The smallest absolute Gasteiger partial charge is 0.192 e. The molecule has 0 bridgehead atoms. The Bertz CT molecular complexity index is 525. The Hall–Kier alpha value is -1.39. The maximum absolute atomic E-state index is 5.93. The molecule has 2 N–H and O–H groups in total. The van der Waals surface area contributed by atoms with Gasteiger partial charge in [-0.15, -0.1) is 0 Å². The van der Waals surface area contributed by atoms with Crippen molar-refractivity contribution in [3.8, 4) is 0 Å². The zero-order valence-corrected chi connectivity index (χ0v) is 12.2. The number of aryl methyl sites for hydroxylation is 1. The van der Waals surface area contributed by atoms with Gasteiger partial charge in [0, 0.05) is 23.3 Å². The topological polar surface area (TPSA) is 51.8 Å². The van der Waals surface area contributed by atoms with E-state index < -0.39 is 0 Å². The monoisotopic (exact) mass is 273 g/mol. The van der Waals surface area contributed by atoms with E-state index in [2.05, 4.69) is 35.9 Å². The lowest BCUT2D eigenvalue weighted by Crippen LogP contribution is -2.21. The van der Waals surface area contributed by atoms with Crippen molar-refractivity contribution in [1.82, 2.24) is 9.97 Å². The number of nitrogens with two attached hydrogens (primary N) is 1. The Morgan fingerprint density at radius 2 is 1.89 bits per heavy atom. The van der Waals surface area contributed by atoms with E-state index in [0.717, 1.165) is 23.6 Å². The summed E-state index contributed by atoms with van der Waals surface area (Å²) in [4.78, 5) is 9.99. The number of nitrogens with zero attached hydrogens (tertiary/aromatic N) is 2. The molecule has 1 unspecified atom stereocenters. The minimum absolute atomic E-state index is 0.193. The first-order chi connectivity index (χ1) is 9.19. The summed E-state index contributed by atoms with van der Waals surface area (Å²) in [6.45, 7) is 4.19. The molecular formula is C15H19N3S. The largest absolute Gasteiger partial charge is 0.327 e. The van der Waals surface area contributed by atoms with Gasteiger partial charge in [0.2, 0.25) is 0 Å². The predicted molar refractivity (Wildman–Crippen MR) is 79.3 cm³/mol. The van der Waals surface area contributed by atoms with Crippen molar-refractivity contribution in [2.45, 2.75) is 42.8 Å². The molecule has 1 aromatic carbocycles. The summed E-state index contributed by atoms with van der Waals surface area (Å²) in [5, 5.41) is 0.781. The van der Waals surface area contributed by atoms with Crippen LogP contribution in [-0.4, -0.2) is 16.0 Å². The molecule has 1 atom stereocenters. The zero-order chi connectivity index (χ0) is 13.7. The summed E-state index contributed by atoms with van der Waals surface area (Å²) in [5.41, 5.74) is 8.27. The summed E-state index contributed by atoms with van der Waals surface area (Å²) in [6, 6.07) is 8.44. The summed E-state index contributed by atoms with van der Waals surface area (Å²) < 4.78 is 0. The van der Waals surface area contributed by atoms with Gasteiger partial charge in [0.15, 0.2) is 5.16 Å². The summed E-state index contributed by atoms with van der Waals surface area (Å²) >= 11 is 1.59. The molecule has 0 saturated carbocycles. The van der Waals surface area contributed by atoms with Crippen molar-refractivity contribution in [3.05, 3.63) is 47.8 Å². The van der Waals surface area contributed by atoms with Crippen LogP contribution in [0.2, 0.25) is 0 Å². The number of aromatic nitrogens is 2. The van der Waals surface area contributed by atoms with E-state index in [4.69, 9.17) is 5.73 Å². The highest BCUT2D eigenvalue weighted by molar-refractivity contribution is 7.99. The highest BCUT2D eigenvalue weighted by Crippen LogP contribution is 2.26. The summed E-state index contributed by atoms with van der Waals surface area (Å²) in [7, 11) is 0. The molecule has 0 radical (unpaired) electrons. The molecule has 4 heteroatoms. The average Bonchev–Trinajstić information content (AvgIpc) is 2.43. The normalized spacial score (nSPS) is 12.4. The zero-order valence-electron chi connectivity index (χ0n) is 11.3. The number of hydrogen-bond acceptors (Lipinski definition) is 4. The second-order valence-electron chi connectivity index (χ2n) is 4.61. The van der Waals surface area contributed by atoms with Crippen LogP contribution in [0.15, 0.2) is 46.7 Å². The first-order valence-corrected chi connectivity index (χ1v) is 7.30. The SMILES string of the molecule is CCC(N)Cc1cnc(Sc2ccccc2C)nc1. The van der Waals surface area contributed by atoms with Crippen LogP contribution < -0.4 is 5.73 Å². The van der Waals surface area contributed by atoms with Crippen LogP contribution in [-0.2, 0) is 6.42 Å². The van der Waals surface area contributed by atoms with Crippen LogP contribution in [0, 0.1) is 6.92 Å². The molecule has 0 fully saturated rings. The lowest BCUT2D eigenvalue weighted by Gasteiger charge is -2.08. The molecule has 0 aliphatic carbocycles. The maximum atomic E-state index is 5.93. The predicted octanol–water partition coefficient (Wildman–Crippen LogP) is 3.22. The Labute approximate surface area is 118 Å². The van der Waals surface area contributed by atoms with Crippen LogP contribution in [0.5, 0.6) is 0 Å². The molecule has 0 saturated heterocycles. The van der Waals surface area contributed by atoms with Crippen molar-refractivity contribution in [1.29, 1.82) is 0 Å². The summed E-state index contributed by atoms with van der Waals surface area (Å²) in [6.07, 6.45) is 5.57. The lowest BCUT2D eigenvalue weighted by atomic mass is 10.1. The molecule has 0 spiro atoms. The van der Waals surface area contributed by atoms with Crippen molar-refractivity contribution < 1.29 is 0 Å². The van der Waals surface area contributed by atoms with Crippen LogP contribution >= 0.6 is 11.8 Å². The Morgan fingerprint density at radius 3 is 2.53 bits per heavy atom. The van der Waals surface area contributed by atoms with E-state index in [0.29, 0.717) is 0 Å². The Kier molecular flexibility index (Phi) is 4.93.